The third-order valence-corrected chi connectivity index (χ3v) is 3.20. The summed E-state index contributed by atoms with van der Waals surface area (Å²) in [5.41, 5.74) is 5.54. The quantitative estimate of drug-likeness (QED) is 0.837. The van der Waals surface area contributed by atoms with Crippen LogP contribution in [0.25, 0.3) is 10.8 Å². The van der Waals surface area contributed by atoms with Crippen molar-refractivity contribution in [1.29, 1.82) is 0 Å². The lowest BCUT2D eigenvalue weighted by molar-refractivity contribution is 0.415. The number of fused-ring (bicyclic) bond motifs is 1. The number of nitrogens with two attached hydrogens (primary N) is 1. The van der Waals surface area contributed by atoms with Crippen molar-refractivity contribution in [2.45, 2.75) is 25.8 Å². The van der Waals surface area contributed by atoms with Crippen molar-refractivity contribution >= 4 is 16.6 Å². The Morgan fingerprint density at radius 1 is 1.37 bits per heavy atom. The Bertz CT molecular complexity index is 542. The zero-order valence-electron chi connectivity index (χ0n) is 11.5. The van der Waals surface area contributed by atoms with E-state index in [9.17, 15) is 0 Å². The van der Waals surface area contributed by atoms with Gasteiger partial charge >= 0.3 is 0 Å². The van der Waals surface area contributed by atoms with Gasteiger partial charge in [0.2, 0.25) is 0 Å². The summed E-state index contributed by atoms with van der Waals surface area (Å²) >= 11 is 0. The first-order valence-electron chi connectivity index (χ1n) is 6.64. The number of rotatable bonds is 6. The van der Waals surface area contributed by atoms with E-state index in [1.165, 1.54) is 0 Å². The average molecular weight is 259 g/mol. The summed E-state index contributed by atoms with van der Waals surface area (Å²) in [6.45, 7) is 2.88. The molecule has 0 saturated carbocycles. The van der Waals surface area contributed by atoms with Gasteiger partial charge in [-0.05, 0) is 56.0 Å². The summed E-state index contributed by atoms with van der Waals surface area (Å²) in [5, 5.41) is 5.69. The predicted octanol–water partition coefficient (Wildman–Crippen LogP) is 2.78. The molecule has 0 aliphatic rings. The molecule has 0 bridgehead atoms. The van der Waals surface area contributed by atoms with Crippen LogP contribution in [0.5, 0.6) is 5.75 Å². The molecule has 19 heavy (non-hydrogen) atoms. The number of anilines is 1. The summed E-state index contributed by atoms with van der Waals surface area (Å²) in [6, 6.07) is 8.38. The molecule has 0 saturated heterocycles. The maximum absolute atomic E-state index is 5.54. The van der Waals surface area contributed by atoms with Crippen LogP contribution in [-0.2, 0) is 0 Å². The summed E-state index contributed by atoms with van der Waals surface area (Å²) in [6.07, 6.45) is 3.89. The number of ether oxygens (including phenoxy) is 1. The molecule has 0 radical (unpaired) electrons. The highest BCUT2D eigenvalue weighted by molar-refractivity contribution is 5.92. The Labute approximate surface area is 114 Å². The van der Waals surface area contributed by atoms with Gasteiger partial charge in [-0.25, -0.2) is 4.98 Å². The minimum Gasteiger partial charge on any atom is -0.497 e. The molecular formula is C15H21N3O. The molecule has 1 aromatic heterocycles. The zero-order valence-corrected chi connectivity index (χ0v) is 11.5. The van der Waals surface area contributed by atoms with Gasteiger partial charge in [0, 0.05) is 17.6 Å². The van der Waals surface area contributed by atoms with Gasteiger partial charge in [-0.2, -0.15) is 0 Å². The second-order valence-electron chi connectivity index (χ2n) is 4.72. The third-order valence-electron chi connectivity index (χ3n) is 3.20. The lowest BCUT2D eigenvalue weighted by atomic mass is 10.1. The van der Waals surface area contributed by atoms with Gasteiger partial charge in [-0.15, -0.1) is 0 Å². The van der Waals surface area contributed by atoms with Crippen LogP contribution in [0.15, 0.2) is 30.5 Å². The number of nitrogens with one attached hydrogen (secondary N) is 1. The maximum Gasteiger partial charge on any atom is 0.134 e. The lowest BCUT2D eigenvalue weighted by Crippen LogP contribution is -2.17. The number of methoxy groups -OCH3 is 1. The van der Waals surface area contributed by atoms with Crippen LogP contribution >= 0.6 is 0 Å². The molecule has 4 nitrogen and oxygen atoms in total. The molecule has 2 aromatic rings. The number of benzene rings is 1. The second kappa shape index (κ2) is 6.38. The van der Waals surface area contributed by atoms with Gasteiger partial charge in [0.15, 0.2) is 0 Å². The number of pyridine rings is 1. The predicted molar refractivity (Wildman–Crippen MR) is 79.7 cm³/mol. The molecule has 0 fully saturated rings. The van der Waals surface area contributed by atoms with Gasteiger partial charge < -0.3 is 15.8 Å². The van der Waals surface area contributed by atoms with Crippen LogP contribution in [-0.4, -0.2) is 24.7 Å². The number of hydrogen-bond donors (Lipinski definition) is 2. The van der Waals surface area contributed by atoms with Crippen LogP contribution in [0.2, 0.25) is 0 Å². The number of nitrogens with zero attached hydrogens (tertiary/aromatic N) is 1. The molecule has 0 spiro atoms. The van der Waals surface area contributed by atoms with Crippen molar-refractivity contribution in [1.82, 2.24) is 4.98 Å². The molecule has 2 rings (SSSR count). The minimum absolute atomic E-state index is 0.365. The fraction of sp³-hybridized carbons (Fsp3) is 0.400. The van der Waals surface area contributed by atoms with Crippen LogP contribution in [0.3, 0.4) is 0 Å². The second-order valence-corrected chi connectivity index (χ2v) is 4.72. The largest absolute Gasteiger partial charge is 0.497 e. The topological polar surface area (TPSA) is 60.2 Å². The smallest absolute Gasteiger partial charge is 0.134 e. The summed E-state index contributed by atoms with van der Waals surface area (Å²) in [7, 11) is 1.68. The molecule has 0 aliphatic carbocycles. The first-order chi connectivity index (χ1) is 9.24. The Hall–Kier alpha value is -1.81. The number of aromatic nitrogens is 1. The summed E-state index contributed by atoms with van der Waals surface area (Å²) in [5.74, 6) is 1.78. The molecule has 0 amide bonds. The summed E-state index contributed by atoms with van der Waals surface area (Å²) < 4.78 is 5.24. The van der Waals surface area contributed by atoms with Crippen molar-refractivity contribution in [2.24, 2.45) is 5.73 Å². The summed E-state index contributed by atoms with van der Waals surface area (Å²) in [4.78, 5) is 4.43. The van der Waals surface area contributed by atoms with E-state index in [1.54, 1.807) is 7.11 Å². The fourth-order valence-electron chi connectivity index (χ4n) is 2.13. The maximum atomic E-state index is 5.54. The molecule has 1 heterocycles. The van der Waals surface area contributed by atoms with Gasteiger partial charge in [0.05, 0.1) is 7.11 Å². The molecule has 1 unspecified atom stereocenters. The average Bonchev–Trinajstić information content (AvgIpc) is 2.44. The van der Waals surface area contributed by atoms with Crippen LogP contribution < -0.4 is 15.8 Å². The highest BCUT2D eigenvalue weighted by Crippen LogP contribution is 2.25. The highest BCUT2D eigenvalue weighted by atomic mass is 16.5. The monoisotopic (exact) mass is 259 g/mol. The third kappa shape index (κ3) is 3.35. The molecule has 3 N–H and O–H groups in total. The van der Waals surface area contributed by atoms with E-state index in [0.717, 1.165) is 41.7 Å². The van der Waals surface area contributed by atoms with Crippen LogP contribution in [0.4, 0.5) is 5.82 Å². The molecule has 102 valence electrons. The SMILES string of the molecule is COc1ccc2c(NC(C)CCCN)nccc2c1. The van der Waals surface area contributed by atoms with Gasteiger partial charge in [-0.3, -0.25) is 0 Å². The first-order valence-corrected chi connectivity index (χ1v) is 6.64. The zero-order chi connectivity index (χ0) is 13.7. The molecule has 4 heteroatoms. The Kier molecular flexibility index (Phi) is 4.58. The van der Waals surface area contributed by atoms with Gasteiger partial charge in [-0.1, -0.05) is 0 Å². The van der Waals surface area contributed by atoms with E-state index >= 15 is 0 Å². The molecule has 0 aliphatic heterocycles. The van der Waals surface area contributed by atoms with Crippen molar-refractivity contribution in [3.8, 4) is 5.75 Å². The Morgan fingerprint density at radius 2 is 2.21 bits per heavy atom. The lowest BCUT2D eigenvalue weighted by Gasteiger charge is -2.15. The Balaban J connectivity index is 2.23. The van der Waals surface area contributed by atoms with Crippen molar-refractivity contribution < 1.29 is 4.74 Å². The molecule has 1 atom stereocenters. The van der Waals surface area contributed by atoms with E-state index in [4.69, 9.17) is 10.5 Å². The minimum atomic E-state index is 0.365. The first kappa shape index (κ1) is 13.6. The van der Waals surface area contributed by atoms with Gasteiger partial charge in [0.25, 0.3) is 0 Å². The van der Waals surface area contributed by atoms with Gasteiger partial charge in [0.1, 0.15) is 11.6 Å². The molecule has 1 aromatic carbocycles. The molecular weight excluding hydrogens is 238 g/mol. The fourth-order valence-corrected chi connectivity index (χ4v) is 2.13. The van der Waals surface area contributed by atoms with E-state index in [2.05, 4.69) is 17.2 Å². The number of hydrogen-bond acceptors (Lipinski definition) is 4. The highest BCUT2D eigenvalue weighted by Gasteiger charge is 2.07. The van der Waals surface area contributed by atoms with Crippen LogP contribution in [0.1, 0.15) is 19.8 Å². The van der Waals surface area contributed by atoms with E-state index in [0.29, 0.717) is 6.04 Å². The van der Waals surface area contributed by atoms with Crippen LogP contribution in [0, 0.1) is 0 Å². The van der Waals surface area contributed by atoms with E-state index in [-0.39, 0.29) is 0 Å². The normalized spacial score (nSPS) is 12.4. The van der Waals surface area contributed by atoms with E-state index in [1.807, 2.05) is 30.5 Å². The standard InChI is InChI=1S/C15H21N3O/c1-11(4-3-8-16)18-15-14-6-5-13(19-2)10-12(14)7-9-17-15/h5-7,9-11H,3-4,8,16H2,1-2H3,(H,17,18). The van der Waals surface area contributed by atoms with Crippen molar-refractivity contribution in [3.63, 3.8) is 0 Å². The van der Waals surface area contributed by atoms with E-state index < -0.39 is 0 Å². The van der Waals surface area contributed by atoms with Crippen molar-refractivity contribution in [2.75, 3.05) is 19.0 Å². The van der Waals surface area contributed by atoms with Crippen molar-refractivity contribution in [3.05, 3.63) is 30.5 Å². The Morgan fingerprint density at radius 3 is 2.95 bits per heavy atom.